The first kappa shape index (κ1) is 13.9. The van der Waals surface area contributed by atoms with Crippen LogP contribution < -0.4 is 4.90 Å². The van der Waals surface area contributed by atoms with Gasteiger partial charge in [-0.3, -0.25) is 0 Å². The topological polar surface area (TPSA) is 27.0 Å². The van der Waals surface area contributed by atoms with Crippen LogP contribution >= 0.6 is 22.9 Å². The zero-order valence-corrected chi connectivity index (χ0v) is 13.1. The van der Waals surface area contributed by atoms with Crippen LogP contribution in [0.5, 0.6) is 0 Å². The van der Waals surface area contributed by atoms with Crippen LogP contribution in [0, 0.1) is 11.3 Å². The Morgan fingerprint density at radius 3 is 2.52 bits per heavy atom. The maximum atomic E-state index is 9.23. The number of halogens is 1. The Bertz CT molecular complexity index is 832. The minimum absolute atomic E-state index is 0.710. The van der Waals surface area contributed by atoms with Gasteiger partial charge in [0.15, 0.2) is 0 Å². The molecule has 0 aliphatic heterocycles. The van der Waals surface area contributed by atoms with Crippen molar-refractivity contribution in [1.29, 1.82) is 5.26 Å². The second-order valence-corrected chi connectivity index (χ2v) is 6.65. The van der Waals surface area contributed by atoms with E-state index in [1.165, 1.54) is 4.88 Å². The first-order valence-electron chi connectivity index (χ1n) is 6.56. The van der Waals surface area contributed by atoms with E-state index in [0.29, 0.717) is 5.56 Å². The van der Waals surface area contributed by atoms with Gasteiger partial charge in [0.2, 0.25) is 0 Å². The average molecular weight is 313 g/mol. The summed E-state index contributed by atoms with van der Waals surface area (Å²) in [5, 5.41) is 11.3. The number of nitriles is 1. The maximum absolute atomic E-state index is 9.23. The predicted molar refractivity (Wildman–Crippen MR) is 90.1 cm³/mol. The van der Waals surface area contributed by atoms with E-state index >= 15 is 0 Å². The van der Waals surface area contributed by atoms with Crippen LogP contribution in [0.25, 0.3) is 10.8 Å². The second-order valence-electron chi connectivity index (χ2n) is 4.85. The Morgan fingerprint density at radius 1 is 1.10 bits per heavy atom. The van der Waals surface area contributed by atoms with Crippen LogP contribution in [0.4, 0.5) is 5.69 Å². The van der Waals surface area contributed by atoms with Gasteiger partial charge in [0.05, 0.1) is 22.5 Å². The molecule has 3 rings (SSSR count). The van der Waals surface area contributed by atoms with Crippen LogP contribution in [0.3, 0.4) is 0 Å². The van der Waals surface area contributed by atoms with Crippen LogP contribution in [0.1, 0.15) is 10.4 Å². The van der Waals surface area contributed by atoms with E-state index in [9.17, 15) is 5.26 Å². The number of hydrogen-bond donors (Lipinski definition) is 0. The summed E-state index contributed by atoms with van der Waals surface area (Å²) in [5.74, 6) is 0. The number of thiophene rings is 1. The molecule has 0 saturated heterocycles. The molecular weight excluding hydrogens is 300 g/mol. The van der Waals surface area contributed by atoms with Gasteiger partial charge in [0, 0.05) is 28.4 Å². The molecule has 2 aromatic carbocycles. The van der Waals surface area contributed by atoms with E-state index in [0.717, 1.165) is 27.3 Å². The van der Waals surface area contributed by atoms with Gasteiger partial charge in [0.1, 0.15) is 0 Å². The molecule has 104 valence electrons. The molecule has 2 nitrogen and oxygen atoms in total. The fourth-order valence-corrected chi connectivity index (χ4v) is 3.61. The molecule has 0 N–H and O–H groups in total. The van der Waals surface area contributed by atoms with E-state index in [2.05, 4.69) is 30.1 Å². The first-order valence-corrected chi connectivity index (χ1v) is 7.75. The lowest BCUT2D eigenvalue weighted by molar-refractivity contribution is 0.946. The molecule has 1 aromatic heterocycles. The summed E-state index contributed by atoms with van der Waals surface area (Å²) in [4.78, 5) is 3.40. The third-order valence-electron chi connectivity index (χ3n) is 3.45. The molecule has 1 heterocycles. The second kappa shape index (κ2) is 5.77. The van der Waals surface area contributed by atoms with Crippen molar-refractivity contribution in [3.8, 4) is 6.07 Å². The molecule has 4 heteroatoms. The van der Waals surface area contributed by atoms with Crippen molar-refractivity contribution in [3.05, 3.63) is 63.3 Å². The van der Waals surface area contributed by atoms with E-state index in [1.54, 1.807) is 11.3 Å². The van der Waals surface area contributed by atoms with Crippen molar-refractivity contribution in [2.75, 3.05) is 11.9 Å². The molecule has 0 atom stereocenters. The molecule has 0 aliphatic rings. The third-order valence-corrected chi connectivity index (χ3v) is 4.67. The first-order chi connectivity index (χ1) is 10.2. The number of fused-ring (bicyclic) bond motifs is 1. The van der Waals surface area contributed by atoms with Gasteiger partial charge < -0.3 is 4.90 Å². The molecule has 21 heavy (non-hydrogen) atoms. The highest BCUT2D eigenvalue weighted by molar-refractivity contribution is 7.16. The normalized spacial score (nSPS) is 10.5. The van der Waals surface area contributed by atoms with Crippen LogP contribution in [-0.4, -0.2) is 7.05 Å². The van der Waals surface area contributed by atoms with Gasteiger partial charge >= 0.3 is 0 Å². The molecule has 0 fully saturated rings. The minimum atomic E-state index is 0.710. The number of benzene rings is 2. The van der Waals surface area contributed by atoms with Crippen LogP contribution in [-0.2, 0) is 6.54 Å². The quantitative estimate of drug-likeness (QED) is 0.675. The standard InChI is InChI=1S/C17H13ClN2S/c1-20(11-13-7-9-17(18)21-13)16-8-6-12(10-19)14-4-2-3-5-15(14)16/h2-9H,11H2,1H3. The van der Waals surface area contributed by atoms with Crippen molar-refractivity contribution >= 4 is 39.4 Å². The summed E-state index contributed by atoms with van der Waals surface area (Å²) in [6, 6.07) is 18.1. The van der Waals surface area contributed by atoms with E-state index in [-0.39, 0.29) is 0 Å². The van der Waals surface area contributed by atoms with Gasteiger partial charge in [-0.1, -0.05) is 35.9 Å². The SMILES string of the molecule is CN(Cc1ccc(Cl)s1)c1ccc(C#N)c2ccccc12. The Hall–Kier alpha value is -2.02. The van der Waals surface area contributed by atoms with E-state index in [1.807, 2.05) is 36.4 Å². The number of rotatable bonds is 3. The predicted octanol–water partition coefficient (Wildman–Crippen LogP) is 5.06. The van der Waals surface area contributed by atoms with E-state index in [4.69, 9.17) is 11.6 Å². The Balaban J connectivity index is 2.02. The Morgan fingerprint density at radius 2 is 1.86 bits per heavy atom. The van der Waals surface area contributed by atoms with Crippen LogP contribution in [0.15, 0.2) is 48.5 Å². The highest BCUT2D eigenvalue weighted by atomic mass is 35.5. The fourth-order valence-electron chi connectivity index (χ4n) is 2.47. The summed E-state index contributed by atoms with van der Waals surface area (Å²) in [5.41, 5.74) is 1.83. The summed E-state index contributed by atoms with van der Waals surface area (Å²) in [6.07, 6.45) is 0. The molecule has 3 aromatic rings. The number of hydrogen-bond acceptors (Lipinski definition) is 3. The van der Waals surface area contributed by atoms with Gasteiger partial charge in [0.25, 0.3) is 0 Å². The largest absolute Gasteiger partial charge is 0.369 e. The van der Waals surface area contributed by atoms with Crippen molar-refractivity contribution in [2.45, 2.75) is 6.54 Å². The fraction of sp³-hybridized carbons (Fsp3) is 0.118. The van der Waals surface area contributed by atoms with Gasteiger partial charge in [-0.15, -0.1) is 11.3 Å². The van der Waals surface area contributed by atoms with Gasteiger partial charge in [-0.25, -0.2) is 0 Å². The van der Waals surface area contributed by atoms with Crippen LogP contribution in [0.2, 0.25) is 4.34 Å². The Kier molecular flexibility index (Phi) is 3.83. The van der Waals surface area contributed by atoms with E-state index < -0.39 is 0 Å². The molecule has 0 aliphatic carbocycles. The monoisotopic (exact) mass is 312 g/mol. The molecule has 0 saturated carbocycles. The zero-order chi connectivity index (χ0) is 14.8. The smallest absolute Gasteiger partial charge is 0.0998 e. The number of anilines is 1. The van der Waals surface area contributed by atoms with Crippen molar-refractivity contribution < 1.29 is 0 Å². The maximum Gasteiger partial charge on any atom is 0.0998 e. The Labute approximate surface area is 132 Å². The summed E-state index contributed by atoms with van der Waals surface area (Å²) >= 11 is 7.58. The highest BCUT2D eigenvalue weighted by Gasteiger charge is 2.10. The molecule has 0 radical (unpaired) electrons. The molecule has 0 amide bonds. The highest BCUT2D eigenvalue weighted by Crippen LogP contribution is 2.31. The van der Waals surface area contributed by atoms with Gasteiger partial charge in [-0.05, 0) is 24.3 Å². The van der Waals surface area contributed by atoms with Gasteiger partial charge in [-0.2, -0.15) is 5.26 Å². The molecular formula is C17H13ClN2S. The van der Waals surface area contributed by atoms with Crippen molar-refractivity contribution in [2.24, 2.45) is 0 Å². The lowest BCUT2D eigenvalue weighted by Crippen LogP contribution is -2.15. The molecule has 0 bridgehead atoms. The van der Waals surface area contributed by atoms with Crippen molar-refractivity contribution in [1.82, 2.24) is 0 Å². The lowest BCUT2D eigenvalue weighted by Gasteiger charge is -2.21. The van der Waals surface area contributed by atoms with Crippen molar-refractivity contribution in [3.63, 3.8) is 0 Å². The molecule has 0 spiro atoms. The average Bonchev–Trinajstić information content (AvgIpc) is 2.91. The summed E-state index contributed by atoms with van der Waals surface area (Å²) in [6.45, 7) is 0.799. The third kappa shape index (κ3) is 2.73. The molecule has 0 unspecified atom stereocenters. The summed E-state index contributed by atoms with van der Waals surface area (Å²) < 4.78 is 0.808. The minimum Gasteiger partial charge on any atom is -0.369 e. The lowest BCUT2D eigenvalue weighted by atomic mass is 10.0. The summed E-state index contributed by atoms with van der Waals surface area (Å²) in [7, 11) is 2.06. The number of nitrogens with zero attached hydrogens (tertiary/aromatic N) is 2. The zero-order valence-electron chi connectivity index (χ0n) is 11.5.